The van der Waals surface area contributed by atoms with Crippen LogP contribution in [0.3, 0.4) is 0 Å². The smallest absolute Gasteiger partial charge is 0.336 e. The minimum Gasteiger partial charge on any atom is -0.493 e. The number of nitro groups is 1. The van der Waals surface area contributed by atoms with E-state index in [9.17, 15) is 14.9 Å². The van der Waals surface area contributed by atoms with Crippen LogP contribution in [0.25, 0.3) is 6.08 Å². The number of hydrogen-bond donors (Lipinski definition) is 0. The SMILES string of the molecule is COc1cc(/C=C/C(=O)Oc2ccc([N+](=O)[O-])cc2)ccc1OCC#N. The molecule has 0 amide bonds. The molecule has 2 rings (SSSR count). The molecular weight excluding hydrogens is 340 g/mol. The van der Waals surface area contributed by atoms with Gasteiger partial charge in [0, 0.05) is 18.2 Å². The Labute approximate surface area is 149 Å². The molecule has 0 saturated carbocycles. The molecule has 0 unspecified atom stereocenters. The van der Waals surface area contributed by atoms with E-state index in [2.05, 4.69) is 0 Å². The Morgan fingerprint density at radius 3 is 2.58 bits per heavy atom. The quantitative estimate of drug-likeness (QED) is 0.247. The van der Waals surface area contributed by atoms with Crippen molar-refractivity contribution in [1.29, 1.82) is 5.26 Å². The number of methoxy groups -OCH3 is 1. The average Bonchev–Trinajstić information content (AvgIpc) is 2.65. The molecule has 0 bridgehead atoms. The number of non-ortho nitro benzene ring substituents is 1. The summed E-state index contributed by atoms with van der Waals surface area (Å²) in [5.74, 6) is 0.400. The summed E-state index contributed by atoms with van der Waals surface area (Å²) in [4.78, 5) is 21.9. The zero-order chi connectivity index (χ0) is 18.9. The van der Waals surface area contributed by atoms with Crippen molar-refractivity contribution in [2.24, 2.45) is 0 Å². The van der Waals surface area contributed by atoms with Gasteiger partial charge in [-0.15, -0.1) is 0 Å². The van der Waals surface area contributed by atoms with E-state index in [1.807, 2.05) is 6.07 Å². The van der Waals surface area contributed by atoms with Crippen LogP contribution in [0.1, 0.15) is 5.56 Å². The average molecular weight is 354 g/mol. The van der Waals surface area contributed by atoms with Crippen LogP contribution >= 0.6 is 0 Å². The van der Waals surface area contributed by atoms with Crippen LogP contribution in [0.5, 0.6) is 17.2 Å². The summed E-state index contributed by atoms with van der Waals surface area (Å²) < 4.78 is 15.5. The summed E-state index contributed by atoms with van der Waals surface area (Å²) >= 11 is 0. The molecule has 0 spiro atoms. The third-order valence-electron chi connectivity index (χ3n) is 3.16. The van der Waals surface area contributed by atoms with Crippen molar-refractivity contribution in [3.63, 3.8) is 0 Å². The molecule has 8 nitrogen and oxygen atoms in total. The van der Waals surface area contributed by atoms with Crippen LogP contribution in [-0.2, 0) is 4.79 Å². The number of nitriles is 1. The fraction of sp³-hybridized carbons (Fsp3) is 0.111. The maximum atomic E-state index is 11.8. The Hall–Kier alpha value is -3.86. The molecule has 0 atom stereocenters. The van der Waals surface area contributed by atoms with Crippen LogP contribution in [-0.4, -0.2) is 24.6 Å². The first-order valence-electron chi connectivity index (χ1n) is 7.35. The first kappa shape index (κ1) is 18.5. The third-order valence-corrected chi connectivity index (χ3v) is 3.16. The third kappa shape index (κ3) is 5.07. The van der Waals surface area contributed by atoms with Crippen LogP contribution in [0, 0.1) is 21.4 Å². The molecule has 0 heterocycles. The maximum absolute atomic E-state index is 11.8. The molecule has 0 aromatic heterocycles. The lowest BCUT2D eigenvalue weighted by atomic mass is 10.2. The summed E-state index contributed by atoms with van der Waals surface area (Å²) in [6.07, 6.45) is 2.73. The highest BCUT2D eigenvalue weighted by atomic mass is 16.6. The number of hydrogen-bond acceptors (Lipinski definition) is 7. The lowest BCUT2D eigenvalue weighted by Crippen LogP contribution is -2.03. The Morgan fingerprint density at radius 1 is 1.23 bits per heavy atom. The standard InChI is InChI=1S/C18H14N2O6/c1-24-17-12-13(2-8-16(17)25-11-10-19)3-9-18(21)26-15-6-4-14(5-7-15)20(22)23/h2-9,12H,11H2,1H3/b9-3+. The Morgan fingerprint density at radius 2 is 1.96 bits per heavy atom. The van der Waals surface area contributed by atoms with Gasteiger partial charge in [-0.3, -0.25) is 10.1 Å². The van der Waals surface area contributed by atoms with Crippen molar-refractivity contribution in [3.8, 4) is 23.3 Å². The highest BCUT2D eigenvalue weighted by Gasteiger charge is 2.07. The zero-order valence-corrected chi connectivity index (χ0v) is 13.7. The van der Waals surface area contributed by atoms with Gasteiger partial charge in [0.05, 0.1) is 12.0 Å². The monoisotopic (exact) mass is 354 g/mol. The van der Waals surface area contributed by atoms with E-state index in [-0.39, 0.29) is 18.0 Å². The molecule has 0 N–H and O–H groups in total. The molecule has 0 radical (unpaired) electrons. The summed E-state index contributed by atoms with van der Waals surface area (Å²) in [5, 5.41) is 19.1. The van der Waals surface area contributed by atoms with Crippen molar-refractivity contribution < 1.29 is 23.9 Å². The Balaban J connectivity index is 2.03. The van der Waals surface area contributed by atoms with E-state index in [0.717, 1.165) is 0 Å². The number of rotatable bonds is 7. The second-order valence-corrected chi connectivity index (χ2v) is 4.86. The normalized spacial score (nSPS) is 10.2. The number of ether oxygens (including phenoxy) is 3. The lowest BCUT2D eigenvalue weighted by Gasteiger charge is -2.08. The van der Waals surface area contributed by atoms with Crippen LogP contribution in [0.15, 0.2) is 48.5 Å². The van der Waals surface area contributed by atoms with E-state index in [1.165, 1.54) is 43.5 Å². The van der Waals surface area contributed by atoms with E-state index in [0.29, 0.717) is 17.1 Å². The predicted octanol–water partition coefficient (Wildman–Crippen LogP) is 3.12. The second kappa shape index (κ2) is 8.84. The number of benzene rings is 2. The minimum absolute atomic E-state index is 0.0915. The molecule has 0 aliphatic heterocycles. The van der Waals surface area contributed by atoms with Gasteiger partial charge in [0.15, 0.2) is 18.1 Å². The topological polar surface area (TPSA) is 112 Å². The Bertz CT molecular complexity index is 868. The summed E-state index contributed by atoms with van der Waals surface area (Å²) in [7, 11) is 1.46. The summed E-state index contributed by atoms with van der Waals surface area (Å²) in [5.41, 5.74) is 0.568. The summed E-state index contributed by atoms with van der Waals surface area (Å²) in [6.45, 7) is -0.104. The molecule has 2 aromatic rings. The fourth-order valence-corrected chi connectivity index (χ4v) is 1.97. The van der Waals surface area contributed by atoms with Gasteiger partial charge in [0.2, 0.25) is 0 Å². The summed E-state index contributed by atoms with van der Waals surface area (Å²) in [6, 6.07) is 12.0. The molecule has 0 fully saturated rings. The molecule has 132 valence electrons. The minimum atomic E-state index is -0.636. The zero-order valence-electron chi connectivity index (χ0n) is 13.7. The predicted molar refractivity (Wildman–Crippen MR) is 91.9 cm³/mol. The van der Waals surface area contributed by atoms with Crippen molar-refractivity contribution in [2.45, 2.75) is 0 Å². The largest absolute Gasteiger partial charge is 0.493 e. The molecule has 26 heavy (non-hydrogen) atoms. The molecule has 8 heteroatoms. The van der Waals surface area contributed by atoms with Gasteiger partial charge in [0.25, 0.3) is 5.69 Å². The molecule has 0 aliphatic carbocycles. The number of nitrogens with zero attached hydrogens (tertiary/aromatic N) is 2. The number of carbonyl (C=O) groups is 1. The maximum Gasteiger partial charge on any atom is 0.336 e. The van der Waals surface area contributed by atoms with E-state index < -0.39 is 10.9 Å². The van der Waals surface area contributed by atoms with Crippen LogP contribution in [0.4, 0.5) is 5.69 Å². The van der Waals surface area contributed by atoms with Gasteiger partial charge in [0.1, 0.15) is 11.8 Å². The number of carbonyl (C=O) groups excluding carboxylic acids is 1. The second-order valence-electron chi connectivity index (χ2n) is 4.86. The van der Waals surface area contributed by atoms with Crippen molar-refractivity contribution >= 4 is 17.7 Å². The van der Waals surface area contributed by atoms with Crippen molar-refractivity contribution in [3.05, 3.63) is 64.2 Å². The van der Waals surface area contributed by atoms with Gasteiger partial charge < -0.3 is 14.2 Å². The molecule has 0 aliphatic rings. The van der Waals surface area contributed by atoms with Crippen molar-refractivity contribution in [1.82, 2.24) is 0 Å². The first-order valence-corrected chi connectivity index (χ1v) is 7.35. The fourth-order valence-electron chi connectivity index (χ4n) is 1.97. The van der Waals surface area contributed by atoms with Gasteiger partial charge in [-0.2, -0.15) is 5.26 Å². The molecular formula is C18H14N2O6. The van der Waals surface area contributed by atoms with E-state index in [4.69, 9.17) is 19.5 Å². The van der Waals surface area contributed by atoms with Crippen LogP contribution < -0.4 is 14.2 Å². The highest BCUT2D eigenvalue weighted by molar-refractivity contribution is 5.88. The van der Waals surface area contributed by atoms with Gasteiger partial charge in [-0.05, 0) is 35.9 Å². The van der Waals surface area contributed by atoms with Gasteiger partial charge in [-0.25, -0.2) is 4.79 Å². The molecule has 0 saturated heterocycles. The lowest BCUT2D eigenvalue weighted by molar-refractivity contribution is -0.384. The van der Waals surface area contributed by atoms with Crippen LogP contribution in [0.2, 0.25) is 0 Å². The van der Waals surface area contributed by atoms with E-state index in [1.54, 1.807) is 18.2 Å². The van der Waals surface area contributed by atoms with E-state index >= 15 is 0 Å². The van der Waals surface area contributed by atoms with Crippen molar-refractivity contribution in [2.75, 3.05) is 13.7 Å². The van der Waals surface area contributed by atoms with Gasteiger partial charge >= 0.3 is 5.97 Å². The Kier molecular flexibility index (Phi) is 6.28. The first-order chi connectivity index (χ1) is 12.5. The molecule has 2 aromatic carbocycles. The highest BCUT2D eigenvalue weighted by Crippen LogP contribution is 2.28. The number of esters is 1. The number of nitro benzene ring substituents is 1. The van der Waals surface area contributed by atoms with Gasteiger partial charge in [-0.1, -0.05) is 6.07 Å².